The molecular formula is C12H14ClNO4. The van der Waals surface area contributed by atoms with Crippen LogP contribution in [0.1, 0.15) is 23.7 Å². The number of aliphatic carboxylic acids is 1. The van der Waals surface area contributed by atoms with Gasteiger partial charge in [-0.1, -0.05) is 6.92 Å². The summed E-state index contributed by atoms with van der Waals surface area (Å²) in [4.78, 5) is 24.7. The van der Waals surface area contributed by atoms with Crippen molar-refractivity contribution in [3.63, 3.8) is 0 Å². The minimum absolute atomic E-state index is 0.0640. The van der Waals surface area contributed by atoms with Crippen LogP contribution in [-0.2, 0) is 4.79 Å². The van der Waals surface area contributed by atoms with Crippen molar-refractivity contribution < 1.29 is 19.1 Å². The smallest absolute Gasteiger partial charge is 0.306 e. The summed E-state index contributed by atoms with van der Waals surface area (Å²) < 4.78 is 4.89. The number of carboxylic acids is 1. The number of halogens is 1. The van der Waals surface area contributed by atoms with Crippen molar-refractivity contribution in [3.05, 3.63) is 23.1 Å². The number of carbonyl (C=O) groups is 2. The first-order chi connectivity index (χ1) is 8.50. The zero-order valence-corrected chi connectivity index (χ0v) is 10.7. The molecule has 1 fully saturated rings. The maximum atomic E-state index is 12.1. The maximum Gasteiger partial charge on any atom is 0.306 e. The van der Waals surface area contributed by atoms with Crippen LogP contribution in [0.4, 0.5) is 0 Å². The molecule has 2 rings (SSSR count). The average molecular weight is 272 g/mol. The highest BCUT2D eigenvalue weighted by atomic mass is 35.5. The van der Waals surface area contributed by atoms with E-state index in [9.17, 15) is 9.59 Å². The van der Waals surface area contributed by atoms with E-state index in [1.165, 1.54) is 12.3 Å². The lowest BCUT2D eigenvalue weighted by Crippen LogP contribution is -2.44. The van der Waals surface area contributed by atoms with Gasteiger partial charge >= 0.3 is 5.97 Å². The Morgan fingerprint density at radius 3 is 2.78 bits per heavy atom. The number of rotatable bonds is 2. The van der Waals surface area contributed by atoms with E-state index in [1.54, 1.807) is 4.90 Å². The molecule has 0 aliphatic carbocycles. The third kappa shape index (κ3) is 2.36. The van der Waals surface area contributed by atoms with E-state index in [1.807, 2.05) is 6.92 Å². The van der Waals surface area contributed by atoms with Crippen LogP contribution < -0.4 is 0 Å². The molecule has 5 nitrogen and oxygen atoms in total. The summed E-state index contributed by atoms with van der Waals surface area (Å²) >= 11 is 5.76. The van der Waals surface area contributed by atoms with Crippen LogP contribution in [-0.4, -0.2) is 35.0 Å². The van der Waals surface area contributed by atoms with Gasteiger partial charge in [0.15, 0.2) is 0 Å². The Labute approximate surface area is 109 Å². The SMILES string of the molecule is CC1CN(C(=O)c2ccoc2Cl)CCC1C(=O)O. The predicted molar refractivity (Wildman–Crippen MR) is 64.5 cm³/mol. The standard InChI is InChI=1S/C12H14ClNO4/c1-7-6-14(4-2-8(7)12(16)17)11(15)9-3-5-18-10(9)13/h3,5,7-8H,2,4,6H2,1H3,(H,16,17). The minimum atomic E-state index is -0.795. The lowest BCUT2D eigenvalue weighted by molar-refractivity contribution is -0.145. The summed E-state index contributed by atoms with van der Waals surface area (Å²) in [6, 6.07) is 1.53. The monoisotopic (exact) mass is 271 g/mol. The highest BCUT2D eigenvalue weighted by Crippen LogP contribution is 2.26. The number of carboxylic acid groups (broad SMARTS) is 1. The molecular weight excluding hydrogens is 258 g/mol. The topological polar surface area (TPSA) is 70.8 Å². The lowest BCUT2D eigenvalue weighted by atomic mass is 9.87. The third-order valence-electron chi connectivity index (χ3n) is 3.36. The van der Waals surface area contributed by atoms with Gasteiger partial charge in [-0.15, -0.1) is 0 Å². The first-order valence-corrected chi connectivity index (χ1v) is 6.13. The summed E-state index contributed by atoms with van der Waals surface area (Å²) in [5.74, 6) is -1.44. The molecule has 98 valence electrons. The van der Waals surface area contributed by atoms with Gasteiger partial charge in [0.1, 0.15) is 0 Å². The second-order valence-electron chi connectivity index (χ2n) is 4.57. The van der Waals surface area contributed by atoms with Gasteiger partial charge in [0.05, 0.1) is 17.7 Å². The summed E-state index contributed by atoms with van der Waals surface area (Å²) in [6.07, 6.45) is 1.83. The Morgan fingerprint density at radius 1 is 1.56 bits per heavy atom. The van der Waals surface area contributed by atoms with Crippen molar-refractivity contribution in [3.8, 4) is 0 Å². The summed E-state index contributed by atoms with van der Waals surface area (Å²) in [6.45, 7) is 2.70. The number of nitrogens with zero attached hydrogens (tertiary/aromatic N) is 1. The molecule has 1 aromatic heterocycles. The van der Waals surface area contributed by atoms with Gasteiger partial charge in [0.2, 0.25) is 5.22 Å². The molecule has 0 radical (unpaired) electrons. The predicted octanol–water partition coefficient (Wildman–Crippen LogP) is 2.12. The first-order valence-electron chi connectivity index (χ1n) is 5.75. The molecule has 0 bridgehead atoms. The molecule has 1 amide bonds. The van der Waals surface area contributed by atoms with Gasteiger partial charge in [-0.2, -0.15) is 0 Å². The van der Waals surface area contributed by atoms with Crippen LogP contribution in [0.2, 0.25) is 5.22 Å². The number of carbonyl (C=O) groups excluding carboxylic acids is 1. The van der Waals surface area contributed by atoms with Gasteiger partial charge < -0.3 is 14.4 Å². The Bertz CT molecular complexity index is 470. The van der Waals surface area contributed by atoms with Crippen molar-refractivity contribution in [2.45, 2.75) is 13.3 Å². The van der Waals surface area contributed by atoms with E-state index in [4.69, 9.17) is 21.1 Å². The van der Waals surface area contributed by atoms with Gasteiger partial charge in [-0.25, -0.2) is 0 Å². The molecule has 2 unspecified atom stereocenters. The fourth-order valence-corrected chi connectivity index (χ4v) is 2.51. The molecule has 0 aromatic carbocycles. The highest BCUT2D eigenvalue weighted by molar-refractivity contribution is 6.32. The molecule has 1 N–H and O–H groups in total. The van der Waals surface area contributed by atoms with Crippen LogP contribution in [0.5, 0.6) is 0 Å². The fraction of sp³-hybridized carbons (Fsp3) is 0.500. The molecule has 1 saturated heterocycles. The molecule has 0 saturated carbocycles. The number of piperidine rings is 1. The minimum Gasteiger partial charge on any atom is -0.481 e. The molecule has 0 spiro atoms. The van der Waals surface area contributed by atoms with Gasteiger partial charge in [-0.05, 0) is 30.0 Å². The van der Waals surface area contributed by atoms with E-state index in [0.717, 1.165) is 0 Å². The Morgan fingerprint density at radius 2 is 2.28 bits per heavy atom. The van der Waals surface area contributed by atoms with Crippen molar-refractivity contribution >= 4 is 23.5 Å². The maximum absolute atomic E-state index is 12.1. The molecule has 1 aliphatic rings. The zero-order valence-electron chi connectivity index (χ0n) is 9.93. The normalized spacial score (nSPS) is 24.0. The van der Waals surface area contributed by atoms with E-state index < -0.39 is 5.97 Å². The van der Waals surface area contributed by atoms with Crippen molar-refractivity contribution in [1.29, 1.82) is 0 Å². The van der Waals surface area contributed by atoms with Crippen LogP contribution in [0.25, 0.3) is 0 Å². The van der Waals surface area contributed by atoms with Crippen LogP contribution >= 0.6 is 11.6 Å². The number of hydrogen-bond donors (Lipinski definition) is 1. The van der Waals surface area contributed by atoms with Crippen molar-refractivity contribution in [2.75, 3.05) is 13.1 Å². The molecule has 18 heavy (non-hydrogen) atoms. The quantitative estimate of drug-likeness (QED) is 0.894. The number of furan rings is 1. The number of likely N-dealkylation sites (tertiary alicyclic amines) is 1. The molecule has 1 aromatic rings. The van der Waals surface area contributed by atoms with E-state index in [2.05, 4.69) is 0 Å². The average Bonchev–Trinajstić information content (AvgIpc) is 2.74. The first kappa shape index (κ1) is 13.0. The summed E-state index contributed by atoms with van der Waals surface area (Å²) in [7, 11) is 0. The second kappa shape index (κ2) is 5.02. The summed E-state index contributed by atoms with van der Waals surface area (Å²) in [5, 5.41) is 9.10. The third-order valence-corrected chi connectivity index (χ3v) is 3.65. The Hall–Kier alpha value is -1.49. The van der Waals surface area contributed by atoms with Crippen molar-refractivity contribution in [2.24, 2.45) is 11.8 Å². The van der Waals surface area contributed by atoms with E-state index in [0.29, 0.717) is 25.1 Å². The van der Waals surface area contributed by atoms with Crippen LogP contribution in [0.3, 0.4) is 0 Å². The van der Waals surface area contributed by atoms with Gasteiger partial charge in [0.25, 0.3) is 5.91 Å². The van der Waals surface area contributed by atoms with Crippen LogP contribution in [0, 0.1) is 11.8 Å². The van der Waals surface area contributed by atoms with Gasteiger partial charge in [-0.3, -0.25) is 9.59 Å². The lowest BCUT2D eigenvalue weighted by Gasteiger charge is -2.34. The largest absolute Gasteiger partial charge is 0.481 e. The summed E-state index contributed by atoms with van der Waals surface area (Å²) in [5.41, 5.74) is 0.331. The van der Waals surface area contributed by atoms with Crippen LogP contribution in [0.15, 0.2) is 16.7 Å². The Balaban J connectivity index is 2.07. The molecule has 1 aliphatic heterocycles. The Kier molecular flexibility index (Phi) is 3.61. The number of amides is 1. The zero-order chi connectivity index (χ0) is 13.3. The van der Waals surface area contributed by atoms with E-state index in [-0.39, 0.29) is 23.0 Å². The molecule has 6 heteroatoms. The van der Waals surface area contributed by atoms with E-state index >= 15 is 0 Å². The molecule has 2 atom stereocenters. The van der Waals surface area contributed by atoms with Crippen molar-refractivity contribution in [1.82, 2.24) is 4.90 Å². The highest BCUT2D eigenvalue weighted by Gasteiger charge is 2.34. The second-order valence-corrected chi connectivity index (χ2v) is 4.91. The van der Waals surface area contributed by atoms with Gasteiger partial charge in [0, 0.05) is 13.1 Å². The molecule has 2 heterocycles. The number of hydrogen-bond acceptors (Lipinski definition) is 3. The fourth-order valence-electron chi connectivity index (χ4n) is 2.31.